The Bertz CT molecular complexity index is 786. The van der Waals surface area contributed by atoms with Crippen LogP contribution in [0.25, 0.3) is 0 Å². The number of benzene rings is 1. The monoisotopic (exact) mass is 369 g/mol. The van der Waals surface area contributed by atoms with Crippen molar-refractivity contribution in [2.75, 3.05) is 18.5 Å². The maximum atomic E-state index is 12.9. The number of aliphatic imine (C=N–C) groups is 1. The van der Waals surface area contributed by atoms with Gasteiger partial charge < -0.3 is 16.1 Å². The summed E-state index contributed by atoms with van der Waals surface area (Å²) in [4.78, 5) is 31.8. The Hall–Kier alpha value is -2.70. The molecule has 2 amide bonds. The summed E-state index contributed by atoms with van der Waals surface area (Å²) in [5.41, 5.74) is 2.80. The number of amides is 2. The average Bonchev–Trinajstić information content (AvgIpc) is 2.66. The fourth-order valence-electron chi connectivity index (χ4n) is 3.73. The topological polar surface area (TPSA) is 100 Å². The zero-order valence-electron chi connectivity index (χ0n) is 15.9. The number of rotatable bonds is 3. The highest BCUT2D eigenvalue weighted by Crippen LogP contribution is 2.25. The molecule has 7 nitrogen and oxygen atoms in total. The maximum absolute atomic E-state index is 12.9. The lowest BCUT2D eigenvalue weighted by molar-refractivity contribution is -0.124. The van der Waals surface area contributed by atoms with Crippen molar-refractivity contribution in [2.24, 2.45) is 21.9 Å². The van der Waals surface area contributed by atoms with E-state index in [0.29, 0.717) is 31.0 Å². The third-order valence-corrected chi connectivity index (χ3v) is 5.31. The number of para-hydroxylation sites is 1. The molecule has 0 aliphatic carbocycles. The zero-order chi connectivity index (χ0) is 19.4. The van der Waals surface area contributed by atoms with Gasteiger partial charge in [0.25, 0.3) is 5.91 Å². The van der Waals surface area contributed by atoms with Crippen molar-refractivity contribution < 1.29 is 9.59 Å². The van der Waals surface area contributed by atoms with Crippen molar-refractivity contribution >= 4 is 28.9 Å². The van der Waals surface area contributed by atoms with Gasteiger partial charge in [0.05, 0.1) is 5.71 Å². The van der Waals surface area contributed by atoms with Gasteiger partial charge in [-0.1, -0.05) is 25.1 Å². The molecule has 2 heterocycles. The van der Waals surface area contributed by atoms with Crippen LogP contribution >= 0.6 is 0 Å². The van der Waals surface area contributed by atoms with Crippen molar-refractivity contribution in [3.63, 3.8) is 0 Å². The van der Waals surface area contributed by atoms with E-state index in [2.05, 4.69) is 22.3 Å². The molecule has 7 heteroatoms. The van der Waals surface area contributed by atoms with Gasteiger partial charge in [-0.2, -0.15) is 5.10 Å². The minimum Gasteiger partial charge on any atom is -0.339 e. The van der Waals surface area contributed by atoms with Crippen LogP contribution in [-0.2, 0) is 16.0 Å². The molecule has 2 atom stereocenters. The molecule has 1 aromatic rings. The van der Waals surface area contributed by atoms with Crippen LogP contribution in [0.1, 0.15) is 38.2 Å². The number of nitrogens with two attached hydrogens (primary N) is 1. The van der Waals surface area contributed by atoms with Crippen LogP contribution in [0.5, 0.6) is 0 Å². The third kappa shape index (κ3) is 4.18. The smallest absolute Gasteiger partial charge is 0.274 e. The van der Waals surface area contributed by atoms with Gasteiger partial charge in [0.2, 0.25) is 5.91 Å². The quantitative estimate of drug-likeness (QED) is 0.481. The predicted octanol–water partition coefficient (Wildman–Crippen LogP) is 1.66. The van der Waals surface area contributed by atoms with Crippen LogP contribution in [-0.4, -0.2) is 42.9 Å². The average molecular weight is 369 g/mol. The molecule has 0 saturated heterocycles. The highest BCUT2D eigenvalue weighted by atomic mass is 16.2. The molecule has 3 rings (SSSR count). The first-order chi connectivity index (χ1) is 13.0. The van der Waals surface area contributed by atoms with Crippen LogP contribution < -0.4 is 16.1 Å². The largest absolute Gasteiger partial charge is 0.339 e. The summed E-state index contributed by atoms with van der Waals surface area (Å²) < 4.78 is 0. The lowest BCUT2D eigenvalue weighted by atomic mass is 9.94. The molecule has 27 heavy (non-hydrogen) atoms. The number of carbonyl (C=O) groups is 2. The number of nitrogens with one attached hydrogen (secondary N) is 1. The minimum absolute atomic E-state index is 0.133. The van der Waals surface area contributed by atoms with Gasteiger partial charge in [-0.15, -0.1) is 0 Å². The van der Waals surface area contributed by atoms with E-state index in [1.165, 1.54) is 0 Å². The zero-order valence-corrected chi connectivity index (χ0v) is 15.9. The summed E-state index contributed by atoms with van der Waals surface area (Å²) in [7, 11) is 1.75. The second-order valence-electron chi connectivity index (χ2n) is 7.35. The van der Waals surface area contributed by atoms with E-state index in [0.717, 1.165) is 30.5 Å². The van der Waals surface area contributed by atoms with Gasteiger partial charge in [-0.05, 0) is 49.7 Å². The minimum atomic E-state index is -0.603. The molecule has 0 spiro atoms. The highest BCUT2D eigenvalue weighted by molar-refractivity contribution is 6.67. The molecule has 2 aliphatic heterocycles. The van der Waals surface area contributed by atoms with Crippen molar-refractivity contribution in [2.45, 2.75) is 45.1 Å². The Labute approximate surface area is 159 Å². The number of aryl methyl sites for hydroxylation is 1. The fourth-order valence-corrected chi connectivity index (χ4v) is 3.73. The van der Waals surface area contributed by atoms with Crippen LogP contribution in [0, 0.1) is 5.92 Å². The number of nitrogens with zero attached hydrogens (tertiary/aromatic N) is 3. The molecule has 0 fully saturated rings. The van der Waals surface area contributed by atoms with Crippen LogP contribution in [0.3, 0.4) is 0 Å². The molecule has 1 unspecified atom stereocenters. The summed E-state index contributed by atoms with van der Waals surface area (Å²) in [5.74, 6) is 5.37. The van der Waals surface area contributed by atoms with E-state index in [1.807, 2.05) is 24.3 Å². The molecular formula is C20H27N5O2. The second-order valence-corrected chi connectivity index (χ2v) is 7.35. The van der Waals surface area contributed by atoms with Crippen molar-refractivity contribution in [1.82, 2.24) is 5.32 Å². The molecule has 3 N–H and O–H groups in total. The van der Waals surface area contributed by atoms with Gasteiger partial charge >= 0.3 is 0 Å². The molecule has 0 bridgehead atoms. The van der Waals surface area contributed by atoms with E-state index in [4.69, 9.17) is 5.84 Å². The van der Waals surface area contributed by atoms with Gasteiger partial charge in [-0.3, -0.25) is 14.6 Å². The molecule has 0 radical (unpaired) electrons. The molecule has 1 aromatic carbocycles. The highest BCUT2D eigenvalue weighted by Gasteiger charge is 2.30. The summed E-state index contributed by atoms with van der Waals surface area (Å²) >= 11 is 0. The number of hydrogen-bond donors (Lipinski definition) is 2. The fraction of sp³-hybridized carbons (Fsp3) is 0.500. The Morgan fingerprint density at radius 1 is 1.33 bits per heavy atom. The summed E-state index contributed by atoms with van der Waals surface area (Å²) in [6.07, 6.45) is 3.92. The predicted molar refractivity (Wildman–Crippen MR) is 107 cm³/mol. The van der Waals surface area contributed by atoms with Gasteiger partial charge in [-0.25, -0.2) is 0 Å². The SMILES string of the molecule is CC1CCN=C(C(=NN)C(=O)N[C@H]2CCCc3ccccc3N(C)C2=O)C1. The van der Waals surface area contributed by atoms with Gasteiger partial charge in [0, 0.05) is 19.3 Å². The number of fused-ring (bicyclic) bond motifs is 1. The van der Waals surface area contributed by atoms with Crippen molar-refractivity contribution in [3.8, 4) is 0 Å². The number of likely N-dealkylation sites (N-methyl/N-ethyl adjacent to an activating group) is 1. The number of carbonyl (C=O) groups excluding carboxylic acids is 2. The number of hydrogen-bond acceptors (Lipinski definition) is 5. The lowest BCUT2D eigenvalue weighted by Gasteiger charge is -2.29. The number of anilines is 1. The van der Waals surface area contributed by atoms with E-state index >= 15 is 0 Å². The Kier molecular flexibility index (Phi) is 5.88. The van der Waals surface area contributed by atoms with Crippen molar-refractivity contribution in [3.05, 3.63) is 29.8 Å². The van der Waals surface area contributed by atoms with E-state index in [9.17, 15) is 9.59 Å². The molecule has 144 valence electrons. The lowest BCUT2D eigenvalue weighted by Crippen LogP contribution is -2.51. The molecule has 2 aliphatic rings. The first kappa shape index (κ1) is 19.1. The van der Waals surface area contributed by atoms with Crippen LogP contribution in [0.2, 0.25) is 0 Å². The van der Waals surface area contributed by atoms with E-state index in [1.54, 1.807) is 11.9 Å². The van der Waals surface area contributed by atoms with Gasteiger partial charge in [0.15, 0.2) is 5.71 Å². The summed E-state index contributed by atoms with van der Waals surface area (Å²) in [6, 6.07) is 7.27. The van der Waals surface area contributed by atoms with E-state index < -0.39 is 11.9 Å². The summed E-state index contributed by atoms with van der Waals surface area (Å²) in [5, 5.41) is 6.52. The Morgan fingerprint density at radius 2 is 2.11 bits per heavy atom. The first-order valence-corrected chi connectivity index (χ1v) is 9.49. The third-order valence-electron chi connectivity index (χ3n) is 5.31. The van der Waals surface area contributed by atoms with Crippen LogP contribution in [0.15, 0.2) is 34.4 Å². The molecular weight excluding hydrogens is 342 g/mol. The first-order valence-electron chi connectivity index (χ1n) is 9.49. The van der Waals surface area contributed by atoms with Gasteiger partial charge in [0.1, 0.15) is 6.04 Å². The summed E-state index contributed by atoms with van der Waals surface area (Å²) in [6.45, 7) is 2.79. The van der Waals surface area contributed by atoms with E-state index in [-0.39, 0.29) is 11.6 Å². The normalized spacial score (nSPS) is 23.8. The van der Waals surface area contributed by atoms with Crippen LogP contribution in [0.4, 0.5) is 5.69 Å². The molecule has 0 aromatic heterocycles. The standard InChI is InChI=1S/C20H27N5O2/c1-13-10-11-22-16(12-13)18(24-21)19(26)23-15-8-5-7-14-6-3-4-9-17(14)25(2)20(15)27/h3-4,6,9,13,15H,5,7-8,10-12,21H2,1-2H3,(H,23,26)/t13?,15-/m0/s1. The second kappa shape index (κ2) is 8.33. The molecule has 0 saturated carbocycles. The Morgan fingerprint density at radius 3 is 2.85 bits per heavy atom. The Balaban J connectivity index is 1.75. The maximum Gasteiger partial charge on any atom is 0.274 e. The van der Waals surface area contributed by atoms with Crippen molar-refractivity contribution in [1.29, 1.82) is 0 Å². The number of hydrazone groups is 1.